The normalized spacial score (nSPS) is 10.6. The number of benzene rings is 1. The third-order valence-corrected chi connectivity index (χ3v) is 2.57. The molecule has 0 spiro atoms. The lowest BCUT2D eigenvalue weighted by molar-refractivity contribution is 0.0272. The standard InChI is InChI=1S/C13H20ClNO3/c1-16-8-9-18-11-10-17-7-6-15-13-5-3-2-4-12(13)14/h2-5,15H,6-11H2,1H3. The Morgan fingerprint density at radius 3 is 2.39 bits per heavy atom. The number of ether oxygens (including phenoxy) is 3. The molecule has 0 saturated heterocycles. The number of anilines is 1. The number of hydrogen-bond acceptors (Lipinski definition) is 4. The van der Waals surface area contributed by atoms with Crippen LogP contribution in [0.2, 0.25) is 5.02 Å². The minimum absolute atomic E-state index is 0.591. The fraction of sp³-hybridized carbons (Fsp3) is 0.538. The monoisotopic (exact) mass is 273 g/mol. The average Bonchev–Trinajstić information content (AvgIpc) is 2.39. The molecule has 0 heterocycles. The minimum Gasteiger partial charge on any atom is -0.382 e. The van der Waals surface area contributed by atoms with Gasteiger partial charge in [-0.15, -0.1) is 0 Å². The number of halogens is 1. The zero-order valence-electron chi connectivity index (χ0n) is 10.7. The summed E-state index contributed by atoms with van der Waals surface area (Å²) in [6, 6.07) is 7.64. The molecule has 1 N–H and O–H groups in total. The van der Waals surface area contributed by atoms with Crippen molar-refractivity contribution < 1.29 is 14.2 Å². The third-order valence-electron chi connectivity index (χ3n) is 2.24. The van der Waals surface area contributed by atoms with Crippen molar-refractivity contribution in [1.29, 1.82) is 0 Å². The predicted octanol–water partition coefficient (Wildman–Crippen LogP) is 2.43. The van der Waals surface area contributed by atoms with Gasteiger partial charge in [0.1, 0.15) is 0 Å². The van der Waals surface area contributed by atoms with E-state index in [0.29, 0.717) is 33.0 Å². The molecule has 0 saturated carbocycles. The van der Waals surface area contributed by atoms with Crippen LogP contribution in [0, 0.1) is 0 Å². The SMILES string of the molecule is COCCOCCOCCNc1ccccc1Cl. The smallest absolute Gasteiger partial charge is 0.0701 e. The molecule has 0 atom stereocenters. The second kappa shape index (κ2) is 10.1. The van der Waals surface area contributed by atoms with Gasteiger partial charge >= 0.3 is 0 Å². The first-order valence-electron chi connectivity index (χ1n) is 5.97. The second-order valence-electron chi connectivity index (χ2n) is 3.62. The highest BCUT2D eigenvalue weighted by Gasteiger charge is 1.96. The van der Waals surface area contributed by atoms with E-state index in [1.807, 2.05) is 24.3 Å². The van der Waals surface area contributed by atoms with Crippen molar-refractivity contribution in [2.75, 3.05) is 52.0 Å². The van der Waals surface area contributed by atoms with E-state index in [-0.39, 0.29) is 0 Å². The Labute approximate surface area is 113 Å². The van der Waals surface area contributed by atoms with Gasteiger partial charge in [-0.3, -0.25) is 0 Å². The van der Waals surface area contributed by atoms with Crippen molar-refractivity contribution in [1.82, 2.24) is 0 Å². The van der Waals surface area contributed by atoms with E-state index < -0.39 is 0 Å². The van der Waals surface area contributed by atoms with Crippen molar-refractivity contribution in [2.45, 2.75) is 0 Å². The van der Waals surface area contributed by atoms with Crippen molar-refractivity contribution in [3.63, 3.8) is 0 Å². The Balaban J connectivity index is 1.94. The molecule has 0 aliphatic carbocycles. The van der Waals surface area contributed by atoms with Crippen LogP contribution >= 0.6 is 11.6 Å². The molecule has 0 aromatic heterocycles. The topological polar surface area (TPSA) is 39.7 Å². The fourth-order valence-corrected chi connectivity index (χ4v) is 1.53. The summed E-state index contributed by atoms with van der Waals surface area (Å²) < 4.78 is 15.5. The van der Waals surface area contributed by atoms with E-state index >= 15 is 0 Å². The van der Waals surface area contributed by atoms with E-state index in [1.165, 1.54) is 0 Å². The van der Waals surface area contributed by atoms with Gasteiger partial charge in [0, 0.05) is 13.7 Å². The Hall–Kier alpha value is -0.810. The lowest BCUT2D eigenvalue weighted by Gasteiger charge is -2.09. The van der Waals surface area contributed by atoms with E-state index in [1.54, 1.807) is 7.11 Å². The average molecular weight is 274 g/mol. The number of methoxy groups -OCH3 is 1. The van der Waals surface area contributed by atoms with E-state index in [2.05, 4.69) is 5.32 Å². The molecule has 0 unspecified atom stereocenters. The number of rotatable bonds is 10. The summed E-state index contributed by atoms with van der Waals surface area (Å²) in [6.45, 7) is 3.76. The lowest BCUT2D eigenvalue weighted by Crippen LogP contribution is -2.13. The van der Waals surface area contributed by atoms with Crippen LogP contribution in [0.5, 0.6) is 0 Å². The Morgan fingerprint density at radius 1 is 1.00 bits per heavy atom. The maximum absolute atomic E-state index is 6.00. The van der Waals surface area contributed by atoms with Gasteiger partial charge < -0.3 is 19.5 Å². The van der Waals surface area contributed by atoms with Crippen LogP contribution < -0.4 is 5.32 Å². The molecule has 1 aromatic rings. The van der Waals surface area contributed by atoms with Crippen molar-refractivity contribution in [3.8, 4) is 0 Å². The summed E-state index contributed by atoms with van der Waals surface area (Å²) in [5, 5.41) is 3.93. The molecular weight excluding hydrogens is 254 g/mol. The van der Waals surface area contributed by atoms with E-state index in [4.69, 9.17) is 25.8 Å². The van der Waals surface area contributed by atoms with Gasteiger partial charge in [-0.1, -0.05) is 23.7 Å². The summed E-state index contributed by atoms with van der Waals surface area (Å²) in [4.78, 5) is 0. The van der Waals surface area contributed by atoms with Gasteiger partial charge in [-0.25, -0.2) is 0 Å². The predicted molar refractivity (Wildman–Crippen MR) is 73.5 cm³/mol. The summed E-state index contributed by atoms with van der Waals surface area (Å²) in [6.07, 6.45) is 0. The van der Waals surface area contributed by atoms with Crippen LogP contribution in [0.3, 0.4) is 0 Å². The van der Waals surface area contributed by atoms with E-state index in [0.717, 1.165) is 17.3 Å². The Kier molecular flexibility index (Phi) is 8.59. The van der Waals surface area contributed by atoms with Crippen LogP contribution in [0.4, 0.5) is 5.69 Å². The second-order valence-corrected chi connectivity index (χ2v) is 4.03. The maximum Gasteiger partial charge on any atom is 0.0701 e. The van der Waals surface area contributed by atoms with Gasteiger partial charge in [-0.05, 0) is 12.1 Å². The first-order valence-corrected chi connectivity index (χ1v) is 6.35. The summed E-state index contributed by atoms with van der Waals surface area (Å²) in [5.41, 5.74) is 0.930. The molecule has 102 valence electrons. The first kappa shape index (κ1) is 15.2. The molecule has 0 amide bonds. The number of para-hydroxylation sites is 1. The maximum atomic E-state index is 6.00. The van der Waals surface area contributed by atoms with Crippen molar-refractivity contribution in [3.05, 3.63) is 29.3 Å². The van der Waals surface area contributed by atoms with Crippen LogP contribution in [0.25, 0.3) is 0 Å². The Bertz CT molecular complexity index is 323. The molecular formula is C13H20ClNO3. The molecule has 0 bridgehead atoms. The zero-order chi connectivity index (χ0) is 13.1. The molecule has 4 nitrogen and oxygen atoms in total. The van der Waals surface area contributed by atoms with Crippen LogP contribution in [0.1, 0.15) is 0 Å². The largest absolute Gasteiger partial charge is 0.382 e. The highest BCUT2D eigenvalue weighted by molar-refractivity contribution is 6.33. The van der Waals surface area contributed by atoms with Gasteiger partial charge in [0.2, 0.25) is 0 Å². The Morgan fingerprint density at radius 2 is 1.67 bits per heavy atom. The van der Waals surface area contributed by atoms with Crippen LogP contribution in [-0.2, 0) is 14.2 Å². The first-order chi connectivity index (χ1) is 8.84. The number of nitrogens with one attached hydrogen (secondary N) is 1. The van der Waals surface area contributed by atoms with Gasteiger partial charge in [0.15, 0.2) is 0 Å². The van der Waals surface area contributed by atoms with Crippen molar-refractivity contribution >= 4 is 17.3 Å². The van der Waals surface area contributed by atoms with E-state index in [9.17, 15) is 0 Å². The molecule has 1 rings (SSSR count). The highest BCUT2D eigenvalue weighted by Crippen LogP contribution is 2.19. The molecule has 18 heavy (non-hydrogen) atoms. The number of hydrogen-bond donors (Lipinski definition) is 1. The molecule has 0 radical (unpaired) electrons. The fourth-order valence-electron chi connectivity index (χ4n) is 1.33. The van der Waals surface area contributed by atoms with Crippen molar-refractivity contribution in [2.24, 2.45) is 0 Å². The zero-order valence-corrected chi connectivity index (χ0v) is 11.4. The molecule has 0 aliphatic heterocycles. The van der Waals surface area contributed by atoms with Gasteiger partial charge in [-0.2, -0.15) is 0 Å². The molecule has 0 aliphatic rings. The molecule has 1 aromatic carbocycles. The molecule has 0 fully saturated rings. The summed E-state index contributed by atoms with van der Waals surface area (Å²) >= 11 is 6.00. The highest BCUT2D eigenvalue weighted by atomic mass is 35.5. The quantitative estimate of drug-likeness (QED) is 0.665. The third kappa shape index (κ3) is 6.81. The summed E-state index contributed by atoms with van der Waals surface area (Å²) in [7, 11) is 1.65. The lowest BCUT2D eigenvalue weighted by atomic mass is 10.3. The van der Waals surface area contributed by atoms with Gasteiger partial charge in [0.25, 0.3) is 0 Å². The van der Waals surface area contributed by atoms with Gasteiger partial charge in [0.05, 0.1) is 43.7 Å². The minimum atomic E-state index is 0.591. The van der Waals surface area contributed by atoms with Crippen LogP contribution in [-0.4, -0.2) is 46.7 Å². The van der Waals surface area contributed by atoms with Crippen LogP contribution in [0.15, 0.2) is 24.3 Å². The summed E-state index contributed by atoms with van der Waals surface area (Å²) in [5.74, 6) is 0. The molecule has 5 heteroatoms.